The lowest BCUT2D eigenvalue weighted by atomic mass is 10.2. The first-order valence-electron chi connectivity index (χ1n) is 5.07. The van der Waals surface area contributed by atoms with Gasteiger partial charge in [0.1, 0.15) is 6.10 Å². The van der Waals surface area contributed by atoms with Crippen LogP contribution in [0.25, 0.3) is 0 Å². The first kappa shape index (κ1) is 12.9. The number of thiophene rings is 1. The standard InChI is InChI=1S/C12H11BrClNOS/c13-9-4-3-8(6-10(9)14)15-7-11(16)12-2-1-5-17-12/h1-6,11,15-16H,7H2. The van der Waals surface area contributed by atoms with Crippen molar-refractivity contribution in [2.45, 2.75) is 6.10 Å². The molecule has 0 aliphatic heterocycles. The van der Waals surface area contributed by atoms with Crippen LogP contribution in [0.3, 0.4) is 0 Å². The minimum absolute atomic E-state index is 0.471. The van der Waals surface area contributed by atoms with E-state index in [4.69, 9.17) is 11.6 Å². The molecule has 0 aliphatic carbocycles. The zero-order chi connectivity index (χ0) is 12.3. The molecule has 2 N–H and O–H groups in total. The minimum atomic E-state index is -0.488. The molecular formula is C12H11BrClNOS. The molecule has 1 aromatic heterocycles. The number of aliphatic hydroxyl groups is 1. The van der Waals surface area contributed by atoms with Crippen molar-refractivity contribution < 1.29 is 5.11 Å². The molecule has 5 heteroatoms. The Balaban J connectivity index is 1.96. The van der Waals surface area contributed by atoms with Gasteiger partial charge in [0.05, 0.1) is 5.02 Å². The molecule has 1 aromatic carbocycles. The fraction of sp³-hybridized carbons (Fsp3) is 0.167. The Morgan fingerprint density at radius 2 is 2.24 bits per heavy atom. The van der Waals surface area contributed by atoms with E-state index in [1.807, 2.05) is 35.7 Å². The highest BCUT2D eigenvalue weighted by Crippen LogP contribution is 2.26. The molecule has 0 saturated heterocycles. The summed E-state index contributed by atoms with van der Waals surface area (Å²) in [6.45, 7) is 0.471. The molecule has 0 aliphatic rings. The van der Waals surface area contributed by atoms with E-state index in [-0.39, 0.29) is 0 Å². The summed E-state index contributed by atoms with van der Waals surface area (Å²) in [5, 5.41) is 15.7. The Kier molecular flexibility index (Phi) is 4.45. The van der Waals surface area contributed by atoms with Crippen molar-refractivity contribution >= 4 is 44.6 Å². The number of nitrogens with one attached hydrogen (secondary N) is 1. The topological polar surface area (TPSA) is 32.3 Å². The van der Waals surface area contributed by atoms with E-state index in [2.05, 4.69) is 21.2 Å². The lowest BCUT2D eigenvalue weighted by molar-refractivity contribution is 0.195. The van der Waals surface area contributed by atoms with Gasteiger partial charge in [-0.15, -0.1) is 11.3 Å². The van der Waals surface area contributed by atoms with Crippen LogP contribution >= 0.6 is 38.9 Å². The lowest BCUT2D eigenvalue weighted by Crippen LogP contribution is -2.10. The summed E-state index contributed by atoms with van der Waals surface area (Å²) in [7, 11) is 0. The molecule has 1 heterocycles. The molecule has 17 heavy (non-hydrogen) atoms. The van der Waals surface area contributed by atoms with Gasteiger partial charge in [0.2, 0.25) is 0 Å². The highest BCUT2D eigenvalue weighted by Gasteiger charge is 2.08. The largest absolute Gasteiger partial charge is 0.386 e. The monoisotopic (exact) mass is 331 g/mol. The second-order valence-corrected chi connectivity index (χ2v) is 5.78. The van der Waals surface area contributed by atoms with Crippen molar-refractivity contribution in [3.63, 3.8) is 0 Å². The van der Waals surface area contributed by atoms with Crippen LogP contribution in [0.2, 0.25) is 5.02 Å². The van der Waals surface area contributed by atoms with Crippen molar-refractivity contribution in [3.8, 4) is 0 Å². The van der Waals surface area contributed by atoms with Gasteiger partial charge in [0.25, 0.3) is 0 Å². The summed E-state index contributed by atoms with van der Waals surface area (Å²) < 4.78 is 0.864. The highest BCUT2D eigenvalue weighted by molar-refractivity contribution is 9.10. The molecule has 2 nitrogen and oxygen atoms in total. The molecule has 0 amide bonds. The van der Waals surface area contributed by atoms with Gasteiger partial charge in [0, 0.05) is 21.6 Å². The third kappa shape index (κ3) is 3.45. The van der Waals surface area contributed by atoms with E-state index in [9.17, 15) is 5.11 Å². The fourth-order valence-corrected chi connectivity index (χ4v) is 2.54. The number of hydrogen-bond acceptors (Lipinski definition) is 3. The Morgan fingerprint density at radius 1 is 1.41 bits per heavy atom. The molecule has 1 unspecified atom stereocenters. The molecule has 2 rings (SSSR count). The number of benzene rings is 1. The van der Waals surface area contributed by atoms with Crippen LogP contribution in [-0.4, -0.2) is 11.7 Å². The first-order chi connectivity index (χ1) is 8.16. The number of hydrogen-bond donors (Lipinski definition) is 2. The molecule has 0 fully saturated rings. The minimum Gasteiger partial charge on any atom is -0.386 e. The second kappa shape index (κ2) is 5.87. The summed E-state index contributed by atoms with van der Waals surface area (Å²) in [5.74, 6) is 0. The molecule has 0 saturated carbocycles. The molecular weight excluding hydrogens is 322 g/mol. The SMILES string of the molecule is OC(CNc1ccc(Br)c(Cl)c1)c1cccs1. The maximum atomic E-state index is 9.90. The van der Waals surface area contributed by atoms with E-state index in [1.165, 1.54) is 0 Å². The van der Waals surface area contributed by atoms with Crippen LogP contribution in [0.15, 0.2) is 40.2 Å². The van der Waals surface area contributed by atoms with Gasteiger partial charge >= 0.3 is 0 Å². The fourth-order valence-electron chi connectivity index (χ4n) is 1.40. The Hall–Kier alpha value is -0.550. The Bertz CT molecular complexity index is 489. The van der Waals surface area contributed by atoms with Crippen molar-refractivity contribution in [2.75, 3.05) is 11.9 Å². The van der Waals surface area contributed by atoms with Crippen LogP contribution in [0, 0.1) is 0 Å². The normalized spacial score (nSPS) is 12.4. The Morgan fingerprint density at radius 3 is 2.88 bits per heavy atom. The van der Waals surface area contributed by atoms with E-state index in [1.54, 1.807) is 11.3 Å². The highest BCUT2D eigenvalue weighted by atomic mass is 79.9. The average molecular weight is 333 g/mol. The zero-order valence-corrected chi connectivity index (χ0v) is 12.0. The number of rotatable bonds is 4. The van der Waals surface area contributed by atoms with Crippen LogP contribution in [0.4, 0.5) is 5.69 Å². The van der Waals surface area contributed by atoms with Crippen LogP contribution in [-0.2, 0) is 0 Å². The summed E-state index contributed by atoms with van der Waals surface area (Å²) in [6.07, 6.45) is -0.488. The number of halogens is 2. The van der Waals surface area contributed by atoms with Crippen LogP contribution in [0.5, 0.6) is 0 Å². The van der Waals surface area contributed by atoms with Crippen LogP contribution < -0.4 is 5.32 Å². The lowest BCUT2D eigenvalue weighted by Gasteiger charge is -2.11. The summed E-state index contributed by atoms with van der Waals surface area (Å²) in [5.41, 5.74) is 0.897. The van der Waals surface area contributed by atoms with Crippen molar-refractivity contribution in [2.24, 2.45) is 0 Å². The summed E-state index contributed by atoms with van der Waals surface area (Å²) in [4.78, 5) is 0.959. The van der Waals surface area contributed by atoms with Crippen molar-refractivity contribution in [1.82, 2.24) is 0 Å². The number of aliphatic hydroxyl groups excluding tert-OH is 1. The van der Waals surface area contributed by atoms with Crippen molar-refractivity contribution in [1.29, 1.82) is 0 Å². The smallest absolute Gasteiger partial charge is 0.105 e. The molecule has 90 valence electrons. The van der Waals surface area contributed by atoms with Crippen LogP contribution in [0.1, 0.15) is 11.0 Å². The predicted molar refractivity (Wildman–Crippen MR) is 76.9 cm³/mol. The van der Waals surface area contributed by atoms with Gasteiger partial charge < -0.3 is 10.4 Å². The van der Waals surface area contributed by atoms with Gasteiger partial charge in [-0.2, -0.15) is 0 Å². The number of anilines is 1. The Labute approximate surface area is 117 Å². The van der Waals surface area contributed by atoms with Gasteiger partial charge in [-0.25, -0.2) is 0 Å². The van der Waals surface area contributed by atoms with E-state index in [0.29, 0.717) is 11.6 Å². The van der Waals surface area contributed by atoms with Gasteiger partial charge in [-0.05, 0) is 45.6 Å². The predicted octanol–water partition coefficient (Wildman–Crippen LogP) is 4.31. The van der Waals surface area contributed by atoms with Crippen molar-refractivity contribution in [3.05, 3.63) is 50.1 Å². The zero-order valence-electron chi connectivity index (χ0n) is 8.86. The maximum Gasteiger partial charge on any atom is 0.105 e. The average Bonchev–Trinajstić information content (AvgIpc) is 2.84. The molecule has 0 radical (unpaired) electrons. The molecule has 1 atom stereocenters. The van der Waals surface area contributed by atoms with E-state index >= 15 is 0 Å². The molecule has 0 bridgehead atoms. The second-order valence-electron chi connectivity index (χ2n) is 3.54. The summed E-state index contributed by atoms with van der Waals surface area (Å²) >= 11 is 10.9. The maximum absolute atomic E-state index is 9.90. The third-order valence-corrected chi connectivity index (χ3v) is 4.50. The molecule has 0 spiro atoms. The summed E-state index contributed by atoms with van der Waals surface area (Å²) in [6, 6.07) is 9.47. The van der Waals surface area contributed by atoms with E-state index in [0.717, 1.165) is 15.0 Å². The van der Waals surface area contributed by atoms with E-state index < -0.39 is 6.10 Å². The van der Waals surface area contributed by atoms with Gasteiger partial charge in [-0.1, -0.05) is 17.7 Å². The molecule has 2 aromatic rings. The quantitative estimate of drug-likeness (QED) is 0.874. The third-order valence-electron chi connectivity index (χ3n) is 2.29. The first-order valence-corrected chi connectivity index (χ1v) is 7.12. The van der Waals surface area contributed by atoms with Gasteiger partial charge in [0.15, 0.2) is 0 Å². The van der Waals surface area contributed by atoms with Gasteiger partial charge in [-0.3, -0.25) is 0 Å².